The van der Waals surface area contributed by atoms with Gasteiger partial charge in [0, 0.05) is 17.5 Å². The molecule has 5 nitrogen and oxygen atoms in total. The minimum absolute atomic E-state index is 0.220. The van der Waals surface area contributed by atoms with Crippen molar-refractivity contribution in [3.05, 3.63) is 59.2 Å². The molecule has 1 N–H and O–H groups in total. The smallest absolute Gasteiger partial charge is 0.251 e. The van der Waals surface area contributed by atoms with Crippen LogP contribution in [-0.2, 0) is 6.42 Å². The minimum atomic E-state index is -0.226. The maximum atomic E-state index is 12.1. The highest BCUT2D eigenvalue weighted by atomic mass is 16.5. The molecule has 25 heavy (non-hydrogen) atoms. The first kappa shape index (κ1) is 16.8. The van der Waals surface area contributed by atoms with E-state index >= 15 is 0 Å². The predicted octanol–water partition coefficient (Wildman–Crippen LogP) is 3.08. The second kappa shape index (κ2) is 6.86. The van der Waals surface area contributed by atoms with Crippen LogP contribution < -0.4 is 14.8 Å². The Labute approximate surface area is 147 Å². The Hall–Kier alpha value is -3.00. The van der Waals surface area contributed by atoms with Gasteiger partial charge in [-0.25, -0.2) is 0 Å². The summed E-state index contributed by atoms with van der Waals surface area (Å²) < 4.78 is 11.7. The molecule has 0 unspecified atom stereocenters. The number of hydrogen-bond donors (Lipinski definition) is 1. The third-order valence-corrected chi connectivity index (χ3v) is 3.95. The Morgan fingerprint density at radius 1 is 1.32 bits per heavy atom. The van der Waals surface area contributed by atoms with Gasteiger partial charge < -0.3 is 14.8 Å². The van der Waals surface area contributed by atoms with Gasteiger partial charge in [-0.1, -0.05) is 18.2 Å². The van der Waals surface area contributed by atoms with Crippen molar-refractivity contribution in [2.75, 3.05) is 13.2 Å². The Kier molecular flexibility index (Phi) is 4.62. The van der Waals surface area contributed by atoms with Crippen LogP contribution in [0.3, 0.4) is 0 Å². The van der Waals surface area contributed by atoms with Gasteiger partial charge in [-0.2, -0.15) is 5.26 Å². The highest BCUT2D eigenvalue weighted by Gasteiger charge is 2.32. The van der Waals surface area contributed by atoms with Gasteiger partial charge in [-0.15, -0.1) is 0 Å². The maximum Gasteiger partial charge on any atom is 0.251 e. The van der Waals surface area contributed by atoms with E-state index in [1.54, 1.807) is 24.3 Å². The molecule has 0 radical (unpaired) electrons. The van der Waals surface area contributed by atoms with Crippen molar-refractivity contribution in [2.24, 2.45) is 0 Å². The van der Waals surface area contributed by atoms with Crippen LogP contribution in [0.4, 0.5) is 0 Å². The van der Waals surface area contributed by atoms with Crippen LogP contribution in [0.2, 0.25) is 0 Å². The Morgan fingerprint density at radius 2 is 2.12 bits per heavy atom. The van der Waals surface area contributed by atoms with Crippen LogP contribution in [0.15, 0.2) is 42.5 Å². The molecule has 128 valence electrons. The van der Waals surface area contributed by atoms with Gasteiger partial charge in [0.2, 0.25) is 0 Å². The molecule has 1 amide bonds. The number of para-hydroxylation sites is 1. The number of hydrogen-bond acceptors (Lipinski definition) is 4. The highest BCUT2D eigenvalue weighted by Crippen LogP contribution is 2.41. The molecule has 2 aromatic rings. The van der Waals surface area contributed by atoms with Crippen molar-refractivity contribution < 1.29 is 14.3 Å². The van der Waals surface area contributed by atoms with Gasteiger partial charge in [0.1, 0.15) is 12.2 Å². The number of carbonyl (C=O) groups excluding carboxylic acids is 1. The summed E-state index contributed by atoms with van der Waals surface area (Å²) in [6.07, 6.45) is 0.853. The first-order valence-corrected chi connectivity index (χ1v) is 8.20. The molecular weight excluding hydrogens is 316 g/mol. The molecule has 0 saturated carbocycles. The molecule has 0 bridgehead atoms. The van der Waals surface area contributed by atoms with Crippen molar-refractivity contribution in [1.82, 2.24) is 5.32 Å². The van der Waals surface area contributed by atoms with Gasteiger partial charge in [0.25, 0.3) is 5.91 Å². The summed E-state index contributed by atoms with van der Waals surface area (Å²) in [4.78, 5) is 12.1. The van der Waals surface area contributed by atoms with Crippen molar-refractivity contribution in [3.8, 4) is 17.6 Å². The summed E-state index contributed by atoms with van der Waals surface area (Å²) in [6.45, 7) is 4.80. The number of nitriles is 1. The summed E-state index contributed by atoms with van der Waals surface area (Å²) in [5.74, 6) is 1.26. The predicted molar refractivity (Wildman–Crippen MR) is 93.8 cm³/mol. The van der Waals surface area contributed by atoms with Gasteiger partial charge in [-0.3, -0.25) is 4.79 Å². The van der Waals surface area contributed by atoms with Gasteiger partial charge in [0.05, 0.1) is 18.2 Å². The van der Waals surface area contributed by atoms with Crippen LogP contribution in [-0.4, -0.2) is 24.7 Å². The maximum absolute atomic E-state index is 12.1. The number of rotatable bonds is 5. The molecule has 2 aromatic carbocycles. The fraction of sp³-hybridized carbons (Fsp3) is 0.300. The molecule has 1 aliphatic heterocycles. The van der Waals surface area contributed by atoms with Crippen molar-refractivity contribution in [2.45, 2.75) is 25.9 Å². The Bertz CT molecular complexity index is 837. The number of nitrogens with zero attached hydrogens (tertiary/aromatic N) is 1. The largest absolute Gasteiger partial charge is 0.488 e. The number of carbonyl (C=O) groups is 1. The Morgan fingerprint density at radius 3 is 2.92 bits per heavy atom. The molecule has 0 fully saturated rings. The average Bonchev–Trinajstić information content (AvgIpc) is 2.93. The van der Waals surface area contributed by atoms with Gasteiger partial charge in [-0.05, 0) is 38.1 Å². The topological polar surface area (TPSA) is 71.3 Å². The third-order valence-electron chi connectivity index (χ3n) is 3.95. The fourth-order valence-electron chi connectivity index (χ4n) is 2.86. The molecule has 0 saturated heterocycles. The second-order valence-electron chi connectivity index (χ2n) is 6.58. The van der Waals surface area contributed by atoms with Crippen molar-refractivity contribution >= 4 is 5.91 Å². The van der Waals surface area contributed by atoms with Crippen LogP contribution >= 0.6 is 0 Å². The molecule has 0 spiro atoms. The molecule has 0 aliphatic carbocycles. The zero-order chi connectivity index (χ0) is 17.9. The van der Waals surface area contributed by atoms with E-state index in [2.05, 4.69) is 5.32 Å². The van der Waals surface area contributed by atoms with Crippen LogP contribution in [0.5, 0.6) is 11.5 Å². The summed E-state index contributed by atoms with van der Waals surface area (Å²) >= 11 is 0. The molecule has 5 heteroatoms. The summed E-state index contributed by atoms with van der Waals surface area (Å²) in [5, 5.41) is 11.7. The highest BCUT2D eigenvalue weighted by molar-refractivity contribution is 5.94. The monoisotopic (exact) mass is 336 g/mol. The van der Waals surface area contributed by atoms with E-state index < -0.39 is 0 Å². The van der Waals surface area contributed by atoms with Crippen molar-refractivity contribution in [3.63, 3.8) is 0 Å². The average molecular weight is 336 g/mol. The summed E-state index contributed by atoms with van der Waals surface area (Å²) in [6, 6.07) is 14.5. The normalized spacial score (nSPS) is 14.1. The zero-order valence-corrected chi connectivity index (χ0v) is 14.3. The minimum Gasteiger partial charge on any atom is -0.488 e. The first-order chi connectivity index (χ1) is 12.0. The number of benzene rings is 2. The van der Waals surface area contributed by atoms with Gasteiger partial charge >= 0.3 is 0 Å². The van der Waals surface area contributed by atoms with E-state index in [9.17, 15) is 4.79 Å². The number of ether oxygens (including phenoxy) is 2. The fourth-order valence-corrected chi connectivity index (χ4v) is 2.86. The first-order valence-electron chi connectivity index (χ1n) is 8.20. The zero-order valence-electron chi connectivity index (χ0n) is 14.3. The summed E-state index contributed by atoms with van der Waals surface area (Å²) in [5.41, 5.74) is 1.84. The molecule has 3 rings (SSSR count). The van der Waals surface area contributed by atoms with E-state index in [1.165, 1.54) is 0 Å². The Balaban J connectivity index is 1.54. The number of fused-ring (bicyclic) bond motifs is 1. The molecular formula is C20H20N2O3. The van der Waals surface area contributed by atoms with Gasteiger partial charge in [0.15, 0.2) is 11.5 Å². The van der Waals surface area contributed by atoms with E-state index in [-0.39, 0.29) is 11.5 Å². The van der Waals surface area contributed by atoms with Crippen molar-refractivity contribution in [1.29, 1.82) is 5.26 Å². The van der Waals surface area contributed by atoms with E-state index in [4.69, 9.17) is 14.7 Å². The van der Waals surface area contributed by atoms with E-state index in [0.29, 0.717) is 30.0 Å². The lowest BCUT2D eigenvalue weighted by Gasteiger charge is -2.18. The second-order valence-corrected chi connectivity index (χ2v) is 6.58. The third kappa shape index (κ3) is 3.92. The van der Waals surface area contributed by atoms with Crippen LogP contribution in [0.25, 0.3) is 0 Å². The molecule has 1 heterocycles. The lowest BCUT2D eigenvalue weighted by molar-refractivity contribution is 0.0946. The summed E-state index contributed by atoms with van der Waals surface area (Å²) in [7, 11) is 0. The van der Waals surface area contributed by atoms with Crippen LogP contribution in [0.1, 0.15) is 35.3 Å². The SMILES string of the molecule is CC1(C)Cc2cccc(OCCNC(=O)c3cccc(C#N)c3)c2O1. The molecule has 0 atom stereocenters. The molecule has 1 aliphatic rings. The number of nitrogens with one attached hydrogen (secondary N) is 1. The lowest BCUT2D eigenvalue weighted by atomic mass is 10.0. The number of amides is 1. The quantitative estimate of drug-likeness (QED) is 0.852. The van der Waals surface area contributed by atoms with E-state index in [1.807, 2.05) is 38.1 Å². The molecule has 0 aromatic heterocycles. The van der Waals surface area contributed by atoms with Crippen LogP contribution in [0, 0.1) is 11.3 Å². The lowest BCUT2D eigenvalue weighted by Crippen LogP contribution is -2.28. The van der Waals surface area contributed by atoms with E-state index in [0.717, 1.165) is 17.7 Å². The standard InChI is InChI=1S/C20H20N2O3/c1-20(2)12-16-7-4-8-17(18(16)25-20)24-10-9-22-19(23)15-6-3-5-14(11-15)13-21/h3-8,11H,9-10,12H2,1-2H3,(H,22,23).